The van der Waals surface area contributed by atoms with Crippen LogP contribution in [0.15, 0.2) is 0 Å². The molecule has 0 aromatic carbocycles. The topological polar surface area (TPSA) is 260 Å². The number of carboxylic acid groups (broad SMARTS) is 3. The Kier molecular flexibility index (Phi) is 14.3. The number of nitrogens with one attached hydrogen (secondary N) is 3. The number of hydrogen-bond donors (Lipinski definition) is 6. The lowest BCUT2D eigenvalue weighted by Gasteiger charge is -2.23. The second-order valence-corrected chi connectivity index (χ2v) is 13.0. The highest BCUT2D eigenvalue weighted by Crippen LogP contribution is 2.23. The van der Waals surface area contributed by atoms with Crippen molar-refractivity contribution in [3.63, 3.8) is 0 Å². The van der Waals surface area contributed by atoms with E-state index >= 15 is 0 Å². The van der Waals surface area contributed by atoms with E-state index in [-0.39, 0.29) is 50.1 Å². The molecule has 0 aliphatic carbocycles. The van der Waals surface area contributed by atoms with E-state index in [1.165, 1.54) is 0 Å². The number of rotatable bonds is 12. The van der Waals surface area contributed by atoms with Crippen LogP contribution >= 0.6 is 0 Å². The minimum Gasteiger partial charge on any atom is -0.480 e. The van der Waals surface area contributed by atoms with Crippen LogP contribution < -0.4 is 16.0 Å². The van der Waals surface area contributed by atoms with Gasteiger partial charge in [-0.3, -0.25) is 14.4 Å². The number of hydrogen-bond acceptors (Lipinski definition) is 9. The Morgan fingerprint density at radius 2 is 0.894 bits per heavy atom. The van der Waals surface area contributed by atoms with E-state index < -0.39 is 77.4 Å². The maximum atomic E-state index is 11.9. The molecule has 18 heteroatoms. The van der Waals surface area contributed by atoms with E-state index in [0.29, 0.717) is 0 Å². The molecule has 18 nitrogen and oxygen atoms in total. The van der Waals surface area contributed by atoms with Crippen LogP contribution in [0.1, 0.15) is 74.7 Å². The molecule has 3 atom stereocenters. The van der Waals surface area contributed by atoms with Crippen molar-refractivity contribution in [2.45, 2.75) is 98.3 Å². The average Bonchev–Trinajstić information content (AvgIpc) is 3.50. The molecule has 3 heterocycles. The SMILES string of the molecule is CC(C)C[C@@H](C(=O)O)N1C(=O)CNC1=O.CC(C)C[C@H](C(=O)O)N1C(=O)CNC1=O.CC(C)C[C@H](C(=O)O)N1C(=O)NC(C)(C)C1=O. The van der Waals surface area contributed by atoms with E-state index in [4.69, 9.17) is 15.3 Å². The second kappa shape index (κ2) is 16.7. The van der Waals surface area contributed by atoms with Gasteiger partial charge in [0.15, 0.2) is 0 Å². The minimum absolute atomic E-state index is 0.0837. The molecule has 3 aliphatic rings. The summed E-state index contributed by atoms with van der Waals surface area (Å²) in [6, 6.07) is -5.07. The standard InChI is InChI=1S/C11H18N2O4.2C9H14N2O4/c1-6(2)5-7(8(14)15)13-9(16)11(3,4)12-10(13)17;2*1-5(2)3-6(8(13)14)11-7(12)4-10-9(11)15/h6-7H,5H2,1-4H3,(H,12,17)(H,14,15);2*5-6H,3-4H2,1-2H3,(H,10,15)(H,13,14)/t7-;2*6-/m110/s1. The Labute approximate surface area is 272 Å². The molecule has 0 spiro atoms. The van der Waals surface area contributed by atoms with Crippen LogP contribution in [0.25, 0.3) is 0 Å². The molecule has 3 fully saturated rings. The van der Waals surface area contributed by atoms with Crippen LogP contribution in [0.2, 0.25) is 0 Å². The van der Waals surface area contributed by atoms with Crippen molar-refractivity contribution in [3.05, 3.63) is 0 Å². The zero-order valence-electron chi connectivity index (χ0n) is 27.9. The second-order valence-electron chi connectivity index (χ2n) is 13.0. The minimum atomic E-state index is -1.15. The summed E-state index contributed by atoms with van der Waals surface area (Å²) in [5, 5.41) is 34.1. The molecule has 0 saturated carbocycles. The number of amides is 9. The predicted octanol–water partition coefficient (Wildman–Crippen LogP) is 0.891. The van der Waals surface area contributed by atoms with Gasteiger partial charge in [0.2, 0.25) is 0 Å². The highest BCUT2D eigenvalue weighted by atomic mass is 16.4. The van der Waals surface area contributed by atoms with E-state index in [1.807, 2.05) is 41.5 Å². The number of urea groups is 3. The molecule has 3 aliphatic heterocycles. The van der Waals surface area contributed by atoms with Crippen LogP contribution in [0.3, 0.4) is 0 Å². The summed E-state index contributed by atoms with van der Waals surface area (Å²) in [7, 11) is 0. The van der Waals surface area contributed by atoms with Gasteiger partial charge in [0, 0.05) is 0 Å². The number of carbonyl (C=O) groups excluding carboxylic acids is 6. The van der Waals surface area contributed by atoms with Gasteiger partial charge >= 0.3 is 36.0 Å². The van der Waals surface area contributed by atoms with Gasteiger partial charge in [-0.15, -0.1) is 0 Å². The summed E-state index contributed by atoms with van der Waals surface area (Å²) < 4.78 is 0. The van der Waals surface area contributed by atoms with Crippen LogP contribution in [0.4, 0.5) is 14.4 Å². The van der Waals surface area contributed by atoms with Gasteiger partial charge in [-0.05, 0) is 50.9 Å². The summed E-state index contributed by atoms with van der Waals surface area (Å²) in [6.45, 7) is 14.0. The first-order valence-electron chi connectivity index (χ1n) is 15.1. The summed E-state index contributed by atoms with van der Waals surface area (Å²) in [6.07, 6.45) is 0.799. The first kappa shape index (κ1) is 40.3. The Bertz CT molecular complexity index is 1170. The third-order valence-corrected chi connectivity index (χ3v) is 7.02. The highest BCUT2D eigenvalue weighted by molar-refractivity contribution is 6.09. The van der Waals surface area contributed by atoms with Gasteiger partial charge in [-0.2, -0.15) is 0 Å². The monoisotopic (exact) mass is 670 g/mol. The fraction of sp³-hybridized carbons (Fsp3) is 0.690. The summed E-state index contributed by atoms with van der Waals surface area (Å²) in [5.74, 6) is -4.60. The molecule has 0 bridgehead atoms. The third kappa shape index (κ3) is 10.9. The van der Waals surface area contributed by atoms with Crippen molar-refractivity contribution >= 4 is 53.7 Å². The normalized spacial score (nSPS) is 19.1. The number of imide groups is 3. The summed E-state index contributed by atoms with van der Waals surface area (Å²) in [4.78, 5) is 104. The predicted molar refractivity (Wildman–Crippen MR) is 163 cm³/mol. The van der Waals surface area contributed by atoms with Crippen molar-refractivity contribution in [1.29, 1.82) is 0 Å². The van der Waals surface area contributed by atoms with Gasteiger partial charge in [-0.1, -0.05) is 41.5 Å². The molecule has 0 aromatic rings. The Morgan fingerprint density at radius 3 is 1.09 bits per heavy atom. The molecule has 3 rings (SSSR count). The lowest BCUT2D eigenvalue weighted by atomic mass is 10.0. The number of nitrogens with zero attached hydrogens (tertiary/aromatic N) is 3. The molecule has 6 N–H and O–H groups in total. The summed E-state index contributed by atoms with van der Waals surface area (Å²) in [5.41, 5.74) is -1.03. The maximum absolute atomic E-state index is 11.9. The molecule has 47 heavy (non-hydrogen) atoms. The highest BCUT2D eigenvalue weighted by Gasteiger charge is 2.49. The molecule has 0 unspecified atom stereocenters. The molecule has 0 aromatic heterocycles. The molecule has 9 amide bonds. The van der Waals surface area contributed by atoms with Crippen molar-refractivity contribution in [2.75, 3.05) is 13.1 Å². The van der Waals surface area contributed by atoms with E-state index in [9.17, 15) is 43.2 Å². The van der Waals surface area contributed by atoms with E-state index in [0.717, 1.165) is 14.7 Å². The third-order valence-electron chi connectivity index (χ3n) is 7.02. The zero-order valence-corrected chi connectivity index (χ0v) is 27.9. The van der Waals surface area contributed by atoms with Crippen molar-refractivity contribution < 1.29 is 58.5 Å². The van der Waals surface area contributed by atoms with Crippen LogP contribution in [-0.2, 0) is 28.8 Å². The molecule has 0 radical (unpaired) electrons. The van der Waals surface area contributed by atoms with Gasteiger partial charge in [0.05, 0.1) is 13.1 Å². The van der Waals surface area contributed by atoms with Crippen molar-refractivity contribution in [1.82, 2.24) is 30.7 Å². The average molecular weight is 671 g/mol. The Morgan fingerprint density at radius 1 is 0.596 bits per heavy atom. The fourth-order valence-corrected chi connectivity index (χ4v) is 4.85. The Balaban J connectivity index is 0.000000353. The largest absolute Gasteiger partial charge is 0.480 e. The maximum Gasteiger partial charge on any atom is 0.327 e. The molecule has 264 valence electrons. The fourth-order valence-electron chi connectivity index (χ4n) is 4.85. The van der Waals surface area contributed by atoms with Gasteiger partial charge in [0.25, 0.3) is 17.7 Å². The van der Waals surface area contributed by atoms with Crippen LogP contribution in [-0.4, -0.2) is 120 Å². The molecular weight excluding hydrogens is 624 g/mol. The van der Waals surface area contributed by atoms with Crippen molar-refractivity contribution in [3.8, 4) is 0 Å². The van der Waals surface area contributed by atoms with E-state index in [2.05, 4.69) is 16.0 Å². The molecular formula is C29H46N6O12. The summed E-state index contributed by atoms with van der Waals surface area (Å²) >= 11 is 0. The van der Waals surface area contributed by atoms with Crippen LogP contribution in [0.5, 0.6) is 0 Å². The van der Waals surface area contributed by atoms with Crippen LogP contribution in [0, 0.1) is 17.8 Å². The number of aliphatic carboxylic acids is 3. The van der Waals surface area contributed by atoms with Gasteiger partial charge in [0.1, 0.15) is 23.7 Å². The number of carboxylic acids is 3. The number of carbonyl (C=O) groups is 9. The Hall–Kier alpha value is -4.77. The first-order chi connectivity index (χ1) is 21.5. The van der Waals surface area contributed by atoms with Gasteiger partial charge < -0.3 is 31.3 Å². The van der Waals surface area contributed by atoms with Crippen molar-refractivity contribution in [2.24, 2.45) is 17.8 Å². The van der Waals surface area contributed by atoms with E-state index in [1.54, 1.807) is 13.8 Å². The first-order valence-corrected chi connectivity index (χ1v) is 15.1. The molecule has 3 saturated heterocycles. The van der Waals surface area contributed by atoms with Gasteiger partial charge in [-0.25, -0.2) is 43.5 Å². The quantitative estimate of drug-likeness (QED) is 0.158. The lowest BCUT2D eigenvalue weighted by Crippen LogP contribution is -2.47. The zero-order chi connectivity index (χ0) is 36.5. The smallest absolute Gasteiger partial charge is 0.327 e. The lowest BCUT2D eigenvalue weighted by molar-refractivity contribution is -0.148.